The average Bonchev–Trinajstić information content (AvgIpc) is 2.80. The lowest BCUT2D eigenvalue weighted by molar-refractivity contribution is 0.166. The standard InChI is InChI=1S/C28H44NO6PSi/c1-20(2)26(17-22-13-12-14-29-18-22)36(30,34-21(3)4)33-19-23-15-24(31-8)27(25(16-23)32-9)35-37(10,11)28(5,6)7/h12-18,20-21H,19H2,1-11H3/b26-17+. The number of hydrogen-bond donors (Lipinski definition) is 0. The summed E-state index contributed by atoms with van der Waals surface area (Å²) in [5.74, 6) is 1.57. The smallest absolute Gasteiger partial charge is 0.358 e. The van der Waals surface area contributed by atoms with Crippen LogP contribution < -0.4 is 13.9 Å². The van der Waals surface area contributed by atoms with E-state index in [1.807, 2.05) is 58.0 Å². The van der Waals surface area contributed by atoms with Crippen LogP contribution in [0.2, 0.25) is 18.1 Å². The molecule has 0 aliphatic carbocycles. The summed E-state index contributed by atoms with van der Waals surface area (Å²) in [6.07, 6.45) is 4.97. The van der Waals surface area contributed by atoms with E-state index < -0.39 is 15.9 Å². The molecule has 0 aliphatic rings. The predicted octanol–water partition coefficient (Wildman–Crippen LogP) is 8.31. The number of nitrogens with zero attached hydrogens (tertiary/aromatic N) is 1. The molecule has 2 aromatic rings. The largest absolute Gasteiger partial charge is 0.539 e. The Balaban J connectivity index is 2.47. The van der Waals surface area contributed by atoms with Gasteiger partial charge in [0, 0.05) is 17.7 Å². The van der Waals surface area contributed by atoms with Gasteiger partial charge < -0.3 is 22.9 Å². The second-order valence-corrected chi connectivity index (χ2v) is 17.8. The van der Waals surface area contributed by atoms with Crippen molar-refractivity contribution in [3.63, 3.8) is 0 Å². The van der Waals surface area contributed by atoms with Gasteiger partial charge in [-0.15, -0.1) is 0 Å². The summed E-state index contributed by atoms with van der Waals surface area (Å²) in [4.78, 5) is 4.17. The Morgan fingerprint density at radius 2 is 1.68 bits per heavy atom. The van der Waals surface area contributed by atoms with Crippen LogP contribution in [0.1, 0.15) is 59.6 Å². The first-order valence-corrected chi connectivity index (χ1v) is 17.1. The van der Waals surface area contributed by atoms with Gasteiger partial charge in [-0.3, -0.25) is 9.55 Å². The van der Waals surface area contributed by atoms with Gasteiger partial charge in [-0.1, -0.05) is 40.7 Å². The van der Waals surface area contributed by atoms with Crippen molar-refractivity contribution in [3.8, 4) is 17.2 Å². The van der Waals surface area contributed by atoms with E-state index in [4.69, 9.17) is 22.9 Å². The molecule has 0 N–H and O–H groups in total. The molecular weight excluding hydrogens is 505 g/mol. The number of benzene rings is 1. The Kier molecular flexibility index (Phi) is 10.6. The average molecular weight is 550 g/mol. The minimum absolute atomic E-state index is 0.000510. The van der Waals surface area contributed by atoms with E-state index in [2.05, 4.69) is 38.8 Å². The molecule has 0 amide bonds. The normalized spacial score (nSPS) is 14.6. The maximum atomic E-state index is 14.2. The van der Waals surface area contributed by atoms with Crippen molar-refractivity contribution in [1.82, 2.24) is 4.98 Å². The molecule has 0 saturated heterocycles. The van der Waals surface area contributed by atoms with Crippen LogP contribution in [-0.2, 0) is 20.2 Å². The molecule has 1 aromatic heterocycles. The van der Waals surface area contributed by atoms with Crippen molar-refractivity contribution in [2.24, 2.45) is 5.92 Å². The maximum absolute atomic E-state index is 14.2. The van der Waals surface area contributed by atoms with Crippen LogP contribution in [-0.4, -0.2) is 33.6 Å². The highest BCUT2D eigenvalue weighted by Crippen LogP contribution is 2.60. The van der Waals surface area contributed by atoms with Gasteiger partial charge in [0.05, 0.1) is 26.9 Å². The first kappa shape index (κ1) is 31.1. The zero-order valence-electron chi connectivity index (χ0n) is 24.2. The number of rotatable bonds is 12. The minimum atomic E-state index is -3.66. The van der Waals surface area contributed by atoms with Crippen LogP contribution in [0.4, 0.5) is 0 Å². The highest BCUT2D eigenvalue weighted by atomic mass is 31.2. The second-order valence-electron chi connectivity index (χ2n) is 11.1. The van der Waals surface area contributed by atoms with Crippen molar-refractivity contribution in [2.75, 3.05) is 14.2 Å². The van der Waals surface area contributed by atoms with E-state index >= 15 is 0 Å². The lowest BCUT2D eigenvalue weighted by Crippen LogP contribution is -2.44. The van der Waals surface area contributed by atoms with Crippen LogP contribution in [0, 0.1) is 5.92 Å². The third-order valence-corrected chi connectivity index (χ3v) is 13.1. The Bertz CT molecular complexity index is 1080. The Labute approximate surface area is 224 Å². The molecule has 1 unspecified atom stereocenters. The predicted molar refractivity (Wildman–Crippen MR) is 153 cm³/mol. The van der Waals surface area contributed by atoms with E-state index in [1.165, 1.54) is 0 Å². The first-order valence-electron chi connectivity index (χ1n) is 12.6. The van der Waals surface area contributed by atoms with Gasteiger partial charge in [-0.25, -0.2) is 0 Å². The van der Waals surface area contributed by atoms with Gasteiger partial charge in [0.2, 0.25) is 0 Å². The van der Waals surface area contributed by atoms with Crippen molar-refractivity contribution in [1.29, 1.82) is 0 Å². The van der Waals surface area contributed by atoms with E-state index in [1.54, 1.807) is 26.6 Å². The number of aromatic nitrogens is 1. The molecule has 0 spiro atoms. The summed E-state index contributed by atoms with van der Waals surface area (Å²) in [5.41, 5.74) is 1.56. The highest BCUT2D eigenvalue weighted by molar-refractivity contribution is 7.58. The number of pyridine rings is 1. The third-order valence-electron chi connectivity index (χ3n) is 6.34. The molecule has 9 heteroatoms. The quantitative estimate of drug-likeness (QED) is 0.195. The van der Waals surface area contributed by atoms with Crippen LogP contribution >= 0.6 is 7.60 Å². The van der Waals surface area contributed by atoms with Crippen molar-refractivity contribution < 1.29 is 27.5 Å². The fraction of sp³-hybridized carbons (Fsp3) is 0.536. The van der Waals surface area contributed by atoms with Gasteiger partial charge in [-0.2, -0.15) is 0 Å². The second kappa shape index (κ2) is 12.6. The molecule has 0 saturated carbocycles. The van der Waals surface area contributed by atoms with E-state index in [0.717, 1.165) is 11.1 Å². The van der Waals surface area contributed by atoms with Gasteiger partial charge in [0.25, 0.3) is 8.32 Å². The topological polar surface area (TPSA) is 76.1 Å². The van der Waals surface area contributed by atoms with E-state index in [-0.39, 0.29) is 23.7 Å². The van der Waals surface area contributed by atoms with Gasteiger partial charge in [0.1, 0.15) is 0 Å². The Morgan fingerprint density at radius 1 is 1.08 bits per heavy atom. The molecule has 0 bridgehead atoms. The number of methoxy groups -OCH3 is 2. The van der Waals surface area contributed by atoms with Gasteiger partial charge in [-0.05, 0) is 73.3 Å². The molecule has 0 radical (unpaired) electrons. The van der Waals surface area contributed by atoms with Crippen LogP contribution in [0.25, 0.3) is 6.08 Å². The lowest BCUT2D eigenvalue weighted by Gasteiger charge is -2.37. The van der Waals surface area contributed by atoms with E-state index in [0.29, 0.717) is 22.6 Å². The zero-order chi connectivity index (χ0) is 28.0. The first-order chi connectivity index (χ1) is 17.1. The van der Waals surface area contributed by atoms with Crippen LogP contribution in [0.15, 0.2) is 42.0 Å². The fourth-order valence-electron chi connectivity index (χ4n) is 3.32. The van der Waals surface area contributed by atoms with Crippen LogP contribution in [0.3, 0.4) is 0 Å². The summed E-state index contributed by atoms with van der Waals surface area (Å²) in [6, 6.07) is 7.42. The summed E-state index contributed by atoms with van der Waals surface area (Å²) in [6.45, 7) is 18.5. The molecule has 2 rings (SSSR count). The third kappa shape index (κ3) is 8.18. The van der Waals surface area contributed by atoms with Gasteiger partial charge in [0.15, 0.2) is 17.2 Å². The molecule has 1 atom stereocenters. The fourth-order valence-corrected chi connectivity index (χ4v) is 6.49. The van der Waals surface area contributed by atoms with Crippen molar-refractivity contribution in [2.45, 2.75) is 79.3 Å². The molecule has 1 heterocycles. The molecule has 206 valence electrons. The summed E-state index contributed by atoms with van der Waals surface area (Å²) in [5, 5.41) is 0.588. The molecule has 0 aliphatic heterocycles. The lowest BCUT2D eigenvalue weighted by atomic mass is 10.1. The number of ether oxygens (including phenoxy) is 2. The zero-order valence-corrected chi connectivity index (χ0v) is 26.1. The van der Waals surface area contributed by atoms with Gasteiger partial charge >= 0.3 is 7.60 Å². The molecule has 7 nitrogen and oxygen atoms in total. The molecule has 1 aromatic carbocycles. The van der Waals surface area contributed by atoms with E-state index in [9.17, 15) is 4.57 Å². The SMILES string of the molecule is COc1cc(COP(=O)(OC(C)C)/C(=C/c2cccnc2)C(C)C)cc(OC)c1O[Si](C)(C)C(C)(C)C. The number of allylic oxidation sites excluding steroid dienone is 1. The van der Waals surface area contributed by atoms with Crippen LogP contribution in [0.5, 0.6) is 17.2 Å². The Morgan fingerprint density at radius 3 is 2.11 bits per heavy atom. The summed E-state index contributed by atoms with van der Waals surface area (Å²) < 4.78 is 44.2. The Hall–Kier alpha value is -2.12. The molecule has 37 heavy (non-hydrogen) atoms. The number of hydrogen-bond acceptors (Lipinski definition) is 7. The van der Waals surface area contributed by atoms with Crippen molar-refractivity contribution >= 4 is 22.0 Å². The van der Waals surface area contributed by atoms with Crippen molar-refractivity contribution in [3.05, 3.63) is 53.1 Å². The molecule has 0 fully saturated rings. The summed E-state index contributed by atoms with van der Waals surface area (Å²) >= 11 is 0. The minimum Gasteiger partial charge on any atom is -0.539 e. The maximum Gasteiger partial charge on any atom is 0.358 e. The molecular formula is C28H44NO6PSi. The monoisotopic (exact) mass is 549 g/mol. The summed E-state index contributed by atoms with van der Waals surface area (Å²) in [7, 11) is -2.63. The highest BCUT2D eigenvalue weighted by Gasteiger charge is 2.40.